The highest BCUT2D eigenvalue weighted by molar-refractivity contribution is 5.21. The van der Waals surface area contributed by atoms with Gasteiger partial charge < -0.3 is 4.74 Å². The van der Waals surface area contributed by atoms with E-state index in [1.165, 1.54) is 19.3 Å². The van der Waals surface area contributed by atoms with Gasteiger partial charge in [0.1, 0.15) is 5.75 Å². The molecule has 1 rings (SSSR count). The molecule has 0 radical (unpaired) electrons. The van der Waals surface area contributed by atoms with Gasteiger partial charge in [0.25, 0.3) is 0 Å². The van der Waals surface area contributed by atoms with Crippen LogP contribution in [0.5, 0.6) is 5.75 Å². The monoisotopic (exact) mass is 192 g/mol. The summed E-state index contributed by atoms with van der Waals surface area (Å²) in [5.41, 5.74) is 0. The molecule has 0 heterocycles. The second-order valence-corrected chi connectivity index (χ2v) is 3.74. The fourth-order valence-corrected chi connectivity index (χ4v) is 1.47. The van der Waals surface area contributed by atoms with Crippen molar-refractivity contribution in [1.29, 1.82) is 0 Å². The summed E-state index contributed by atoms with van der Waals surface area (Å²) in [6.45, 7) is 4.37. The Morgan fingerprint density at radius 1 is 1.14 bits per heavy atom. The van der Waals surface area contributed by atoms with E-state index in [1.807, 2.05) is 30.3 Å². The van der Waals surface area contributed by atoms with E-state index >= 15 is 0 Å². The molecule has 1 heteroatoms. The Morgan fingerprint density at radius 3 is 2.50 bits per heavy atom. The van der Waals surface area contributed by atoms with Gasteiger partial charge in [0.05, 0.1) is 6.10 Å². The summed E-state index contributed by atoms with van der Waals surface area (Å²) >= 11 is 0. The van der Waals surface area contributed by atoms with Gasteiger partial charge in [-0.2, -0.15) is 0 Å². The van der Waals surface area contributed by atoms with E-state index in [1.54, 1.807) is 0 Å². The summed E-state index contributed by atoms with van der Waals surface area (Å²) in [4.78, 5) is 0. The first-order valence-electron chi connectivity index (χ1n) is 5.54. The molecule has 78 valence electrons. The highest BCUT2D eigenvalue weighted by Crippen LogP contribution is 2.13. The summed E-state index contributed by atoms with van der Waals surface area (Å²) in [5.74, 6) is 0.983. The number of benzene rings is 1. The summed E-state index contributed by atoms with van der Waals surface area (Å²) in [6, 6.07) is 10.0. The molecule has 1 nitrogen and oxygen atoms in total. The van der Waals surface area contributed by atoms with Crippen molar-refractivity contribution in [3.63, 3.8) is 0 Å². The van der Waals surface area contributed by atoms with Gasteiger partial charge in [0.2, 0.25) is 0 Å². The van der Waals surface area contributed by atoms with E-state index < -0.39 is 0 Å². The quantitative estimate of drug-likeness (QED) is 0.618. The van der Waals surface area contributed by atoms with Crippen molar-refractivity contribution >= 4 is 0 Å². The number of hydrogen-bond donors (Lipinski definition) is 0. The summed E-state index contributed by atoms with van der Waals surface area (Å²) < 4.78 is 5.76. The molecule has 0 saturated carbocycles. The largest absolute Gasteiger partial charge is 0.491 e. The van der Waals surface area contributed by atoms with Gasteiger partial charge in [0, 0.05) is 0 Å². The molecule has 1 aromatic rings. The summed E-state index contributed by atoms with van der Waals surface area (Å²) in [6.07, 6.45) is 5.34. The van der Waals surface area contributed by atoms with Crippen LogP contribution in [0.25, 0.3) is 0 Å². The van der Waals surface area contributed by atoms with Crippen LogP contribution in [0.15, 0.2) is 30.3 Å². The first-order valence-corrected chi connectivity index (χ1v) is 5.54. The van der Waals surface area contributed by atoms with Crippen LogP contribution >= 0.6 is 0 Å². The van der Waals surface area contributed by atoms with Crippen molar-refractivity contribution < 1.29 is 4.74 Å². The fourth-order valence-electron chi connectivity index (χ4n) is 1.47. The second kappa shape index (κ2) is 6.47. The van der Waals surface area contributed by atoms with Crippen LogP contribution < -0.4 is 4.74 Å². The molecule has 14 heavy (non-hydrogen) atoms. The average Bonchev–Trinajstić information content (AvgIpc) is 2.20. The van der Waals surface area contributed by atoms with Gasteiger partial charge in [-0.05, 0) is 31.9 Å². The predicted octanol–water partition coefficient (Wildman–Crippen LogP) is 4.03. The SMILES string of the molecule is CCCCCC(C)Oc1ccccc1. The Hall–Kier alpha value is -0.980. The number of rotatable bonds is 6. The van der Waals surface area contributed by atoms with Crippen LogP contribution in [0.4, 0.5) is 0 Å². The zero-order chi connectivity index (χ0) is 10.2. The van der Waals surface area contributed by atoms with Crippen molar-refractivity contribution in [3.8, 4) is 5.75 Å². The van der Waals surface area contributed by atoms with E-state index in [2.05, 4.69) is 13.8 Å². The highest BCUT2D eigenvalue weighted by atomic mass is 16.5. The number of ether oxygens (including phenoxy) is 1. The van der Waals surface area contributed by atoms with Gasteiger partial charge in [-0.15, -0.1) is 0 Å². The maximum absolute atomic E-state index is 5.76. The van der Waals surface area contributed by atoms with E-state index in [-0.39, 0.29) is 0 Å². The summed E-state index contributed by atoms with van der Waals surface area (Å²) in [5, 5.41) is 0. The predicted molar refractivity (Wildman–Crippen MR) is 60.7 cm³/mol. The lowest BCUT2D eigenvalue weighted by atomic mass is 10.1. The zero-order valence-electron chi connectivity index (χ0n) is 9.20. The minimum Gasteiger partial charge on any atom is -0.491 e. The molecule has 1 unspecified atom stereocenters. The van der Waals surface area contributed by atoms with Crippen molar-refractivity contribution in [2.75, 3.05) is 0 Å². The van der Waals surface area contributed by atoms with Crippen molar-refractivity contribution in [1.82, 2.24) is 0 Å². The molecule has 0 bridgehead atoms. The Labute approximate surface area is 87.1 Å². The van der Waals surface area contributed by atoms with Crippen molar-refractivity contribution in [3.05, 3.63) is 30.3 Å². The van der Waals surface area contributed by atoms with Crippen LogP contribution in [-0.4, -0.2) is 6.10 Å². The molecule has 1 aromatic carbocycles. The second-order valence-electron chi connectivity index (χ2n) is 3.74. The molecule has 0 saturated heterocycles. The van der Waals surface area contributed by atoms with Gasteiger partial charge in [0.15, 0.2) is 0 Å². The van der Waals surface area contributed by atoms with Gasteiger partial charge in [-0.3, -0.25) is 0 Å². The normalized spacial score (nSPS) is 12.4. The highest BCUT2D eigenvalue weighted by Gasteiger charge is 2.02. The van der Waals surface area contributed by atoms with Crippen LogP contribution in [0.1, 0.15) is 39.5 Å². The minimum atomic E-state index is 0.337. The van der Waals surface area contributed by atoms with E-state index in [0.717, 1.165) is 12.2 Å². The summed E-state index contributed by atoms with van der Waals surface area (Å²) in [7, 11) is 0. The lowest BCUT2D eigenvalue weighted by molar-refractivity contribution is 0.206. The number of para-hydroxylation sites is 1. The average molecular weight is 192 g/mol. The van der Waals surface area contributed by atoms with Gasteiger partial charge in [-0.25, -0.2) is 0 Å². The molecule has 0 amide bonds. The molecule has 0 aliphatic heterocycles. The molecule has 1 atom stereocenters. The van der Waals surface area contributed by atoms with Crippen LogP contribution in [0.3, 0.4) is 0 Å². The van der Waals surface area contributed by atoms with Crippen LogP contribution in [0, 0.1) is 0 Å². The molecular formula is C13H20O. The third-order valence-corrected chi connectivity index (χ3v) is 2.29. The van der Waals surface area contributed by atoms with E-state index in [0.29, 0.717) is 6.10 Å². The maximum atomic E-state index is 5.76. The molecule has 0 aliphatic rings. The molecular weight excluding hydrogens is 172 g/mol. The third kappa shape index (κ3) is 4.31. The molecule has 0 aromatic heterocycles. The molecule has 0 N–H and O–H groups in total. The first kappa shape index (κ1) is 11.1. The van der Waals surface area contributed by atoms with Crippen LogP contribution in [-0.2, 0) is 0 Å². The van der Waals surface area contributed by atoms with Gasteiger partial charge >= 0.3 is 0 Å². The van der Waals surface area contributed by atoms with Gasteiger partial charge in [-0.1, -0.05) is 38.0 Å². The number of hydrogen-bond acceptors (Lipinski definition) is 1. The minimum absolute atomic E-state index is 0.337. The van der Waals surface area contributed by atoms with E-state index in [9.17, 15) is 0 Å². The third-order valence-electron chi connectivity index (χ3n) is 2.29. The molecule has 0 fully saturated rings. The fraction of sp³-hybridized carbons (Fsp3) is 0.538. The topological polar surface area (TPSA) is 9.23 Å². The molecule has 0 aliphatic carbocycles. The van der Waals surface area contributed by atoms with Crippen molar-refractivity contribution in [2.24, 2.45) is 0 Å². The smallest absolute Gasteiger partial charge is 0.119 e. The maximum Gasteiger partial charge on any atom is 0.119 e. The number of unbranched alkanes of at least 4 members (excludes halogenated alkanes) is 2. The zero-order valence-corrected chi connectivity index (χ0v) is 9.20. The molecule has 0 spiro atoms. The van der Waals surface area contributed by atoms with Crippen molar-refractivity contribution in [2.45, 2.75) is 45.6 Å². The Morgan fingerprint density at radius 2 is 1.86 bits per heavy atom. The standard InChI is InChI=1S/C13H20O/c1-3-4-6-9-12(2)14-13-10-7-5-8-11-13/h5,7-8,10-12H,3-4,6,9H2,1-2H3. The lowest BCUT2D eigenvalue weighted by Gasteiger charge is -2.14. The van der Waals surface area contributed by atoms with E-state index in [4.69, 9.17) is 4.74 Å². The first-order chi connectivity index (χ1) is 6.83. The Balaban J connectivity index is 2.23. The Kier molecular flexibility index (Phi) is 5.13. The lowest BCUT2D eigenvalue weighted by Crippen LogP contribution is -2.11. The Bertz CT molecular complexity index is 230. The van der Waals surface area contributed by atoms with Crippen LogP contribution in [0.2, 0.25) is 0 Å².